The van der Waals surface area contributed by atoms with E-state index in [-0.39, 0.29) is 0 Å². The van der Waals surface area contributed by atoms with Crippen molar-refractivity contribution < 1.29 is 0 Å². The average molecular weight is 182 g/mol. The Bertz CT molecular complexity index is 148. The molecule has 1 N–H and O–H groups in total. The lowest BCUT2D eigenvalue weighted by Gasteiger charge is -2.23. The van der Waals surface area contributed by atoms with Crippen molar-refractivity contribution in [3.05, 3.63) is 0 Å². The van der Waals surface area contributed by atoms with E-state index in [1.807, 2.05) is 0 Å². The predicted octanol–water partition coefficient (Wildman–Crippen LogP) is 1.47. The Morgan fingerprint density at radius 1 is 1.23 bits per heavy atom. The monoisotopic (exact) mass is 182 g/mol. The van der Waals surface area contributed by atoms with Crippen LogP contribution in [0.4, 0.5) is 0 Å². The summed E-state index contributed by atoms with van der Waals surface area (Å²) in [5.74, 6) is 1.04. The molecule has 0 aromatic heterocycles. The maximum absolute atomic E-state index is 3.57. The lowest BCUT2D eigenvalue weighted by Crippen LogP contribution is -2.38. The van der Waals surface area contributed by atoms with Crippen molar-refractivity contribution in [2.45, 2.75) is 38.6 Å². The van der Waals surface area contributed by atoms with Gasteiger partial charge in [0.05, 0.1) is 0 Å². The molecule has 0 spiro atoms. The Kier molecular flexibility index (Phi) is 3.23. The van der Waals surface area contributed by atoms with Gasteiger partial charge in [-0.3, -0.25) is 0 Å². The van der Waals surface area contributed by atoms with Crippen LogP contribution in [-0.2, 0) is 0 Å². The van der Waals surface area contributed by atoms with Gasteiger partial charge in [0.15, 0.2) is 0 Å². The van der Waals surface area contributed by atoms with Crippen LogP contribution in [0, 0.1) is 5.92 Å². The Hall–Kier alpha value is -0.0800. The minimum atomic E-state index is 0.790. The summed E-state index contributed by atoms with van der Waals surface area (Å²) in [5.41, 5.74) is 0. The summed E-state index contributed by atoms with van der Waals surface area (Å²) in [6.07, 6.45) is 5.73. The van der Waals surface area contributed by atoms with Gasteiger partial charge in [-0.15, -0.1) is 0 Å². The first-order chi connectivity index (χ1) is 6.38. The summed E-state index contributed by atoms with van der Waals surface area (Å²) in [4.78, 5) is 2.63. The lowest BCUT2D eigenvalue weighted by molar-refractivity contribution is 0.251. The molecular weight excluding hydrogens is 160 g/mol. The molecule has 1 saturated carbocycles. The van der Waals surface area contributed by atoms with Crippen LogP contribution in [0.25, 0.3) is 0 Å². The van der Waals surface area contributed by atoms with Gasteiger partial charge in [0.2, 0.25) is 0 Å². The van der Waals surface area contributed by atoms with Crippen molar-refractivity contribution in [1.29, 1.82) is 0 Å². The number of rotatable bonds is 5. The van der Waals surface area contributed by atoms with Crippen LogP contribution < -0.4 is 5.32 Å². The van der Waals surface area contributed by atoms with Crippen LogP contribution in [0.5, 0.6) is 0 Å². The fourth-order valence-corrected chi connectivity index (χ4v) is 2.22. The smallest absolute Gasteiger partial charge is 0.0195 e. The first-order valence-corrected chi connectivity index (χ1v) is 5.84. The molecule has 0 radical (unpaired) electrons. The van der Waals surface area contributed by atoms with Crippen molar-refractivity contribution in [3.63, 3.8) is 0 Å². The van der Waals surface area contributed by atoms with E-state index in [2.05, 4.69) is 17.1 Å². The second kappa shape index (κ2) is 4.43. The summed E-state index contributed by atoms with van der Waals surface area (Å²) in [5, 5.41) is 3.57. The molecule has 1 atom stereocenters. The topological polar surface area (TPSA) is 15.3 Å². The second-order valence-corrected chi connectivity index (χ2v) is 4.59. The molecule has 0 aromatic rings. The van der Waals surface area contributed by atoms with Gasteiger partial charge in [-0.25, -0.2) is 0 Å². The van der Waals surface area contributed by atoms with E-state index in [4.69, 9.17) is 0 Å². The van der Waals surface area contributed by atoms with E-state index in [0.717, 1.165) is 12.0 Å². The average Bonchev–Trinajstić information content (AvgIpc) is 2.80. The molecule has 0 bridgehead atoms. The Morgan fingerprint density at radius 2 is 2.08 bits per heavy atom. The van der Waals surface area contributed by atoms with Gasteiger partial charge >= 0.3 is 0 Å². The third kappa shape index (κ3) is 2.96. The summed E-state index contributed by atoms with van der Waals surface area (Å²) in [6, 6.07) is 0.790. The molecule has 0 unspecified atom stereocenters. The number of likely N-dealkylation sites (N-methyl/N-ethyl adjacent to an activating group) is 1. The SMILES string of the molecule is CCN(CC1CC1)C[C@H]1CCCN1. The Balaban J connectivity index is 1.68. The van der Waals surface area contributed by atoms with Crippen LogP contribution >= 0.6 is 0 Å². The third-order valence-corrected chi connectivity index (χ3v) is 3.30. The molecule has 1 saturated heterocycles. The summed E-state index contributed by atoms with van der Waals surface area (Å²) in [7, 11) is 0. The molecular formula is C11H22N2. The van der Waals surface area contributed by atoms with E-state index in [1.165, 1.54) is 51.9 Å². The molecule has 76 valence electrons. The van der Waals surface area contributed by atoms with Crippen LogP contribution in [0.3, 0.4) is 0 Å². The first kappa shape index (κ1) is 9.47. The van der Waals surface area contributed by atoms with Crippen molar-refractivity contribution in [2.75, 3.05) is 26.2 Å². The molecule has 1 aliphatic heterocycles. The standard InChI is InChI=1S/C11H22N2/c1-2-13(8-10-5-6-10)9-11-4-3-7-12-11/h10-12H,2-9H2,1H3/t11-/m1/s1. The van der Waals surface area contributed by atoms with Gasteiger partial charge in [-0.05, 0) is 44.7 Å². The van der Waals surface area contributed by atoms with Crippen molar-refractivity contribution >= 4 is 0 Å². The fourth-order valence-electron chi connectivity index (χ4n) is 2.22. The normalized spacial score (nSPS) is 28.6. The third-order valence-electron chi connectivity index (χ3n) is 3.30. The predicted molar refractivity (Wildman–Crippen MR) is 55.9 cm³/mol. The van der Waals surface area contributed by atoms with E-state index in [9.17, 15) is 0 Å². The molecule has 2 aliphatic rings. The molecule has 2 rings (SSSR count). The number of nitrogens with one attached hydrogen (secondary N) is 1. The zero-order chi connectivity index (χ0) is 9.10. The first-order valence-electron chi connectivity index (χ1n) is 5.84. The molecule has 13 heavy (non-hydrogen) atoms. The summed E-state index contributed by atoms with van der Waals surface area (Å²) in [6.45, 7) is 7.40. The van der Waals surface area contributed by atoms with Gasteiger partial charge in [0.1, 0.15) is 0 Å². The van der Waals surface area contributed by atoms with Crippen molar-refractivity contribution in [3.8, 4) is 0 Å². The second-order valence-electron chi connectivity index (χ2n) is 4.59. The van der Waals surface area contributed by atoms with Crippen LogP contribution in [-0.4, -0.2) is 37.1 Å². The minimum absolute atomic E-state index is 0.790. The molecule has 0 amide bonds. The zero-order valence-corrected chi connectivity index (χ0v) is 8.76. The molecule has 0 aromatic carbocycles. The number of hydrogen-bond donors (Lipinski definition) is 1. The largest absolute Gasteiger partial charge is 0.313 e. The van der Waals surface area contributed by atoms with Gasteiger partial charge in [-0.2, -0.15) is 0 Å². The molecule has 1 heterocycles. The Labute approximate surface area is 81.7 Å². The molecule has 2 heteroatoms. The number of nitrogens with zero attached hydrogens (tertiary/aromatic N) is 1. The minimum Gasteiger partial charge on any atom is -0.313 e. The fraction of sp³-hybridized carbons (Fsp3) is 1.00. The van der Waals surface area contributed by atoms with Gasteiger partial charge in [0, 0.05) is 19.1 Å². The maximum atomic E-state index is 3.57. The molecule has 2 nitrogen and oxygen atoms in total. The van der Waals surface area contributed by atoms with Gasteiger partial charge < -0.3 is 10.2 Å². The molecule has 2 fully saturated rings. The molecule has 1 aliphatic carbocycles. The summed E-state index contributed by atoms with van der Waals surface area (Å²) >= 11 is 0. The van der Waals surface area contributed by atoms with E-state index in [0.29, 0.717) is 0 Å². The van der Waals surface area contributed by atoms with E-state index < -0.39 is 0 Å². The highest BCUT2D eigenvalue weighted by Crippen LogP contribution is 2.29. The highest BCUT2D eigenvalue weighted by Gasteiger charge is 2.25. The maximum Gasteiger partial charge on any atom is 0.0195 e. The van der Waals surface area contributed by atoms with Crippen LogP contribution in [0.2, 0.25) is 0 Å². The quantitative estimate of drug-likeness (QED) is 0.692. The highest BCUT2D eigenvalue weighted by atomic mass is 15.2. The van der Waals surface area contributed by atoms with Gasteiger partial charge in [0.25, 0.3) is 0 Å². The van der Waals surface area contributed by atoms with Crippen LogP contribution in [0.15, 0.2) is 0 Å². The Morgan fingerprint density at radius 3 is 2.62 bits per heavy atom. The van der Waals surface area contributed by atoms with Crippen molar-refractivity contribution in [1.82, 2.24) is 10.2 Å². The van der Waals surface area contributed by atoms with Gasteiger partial charge in [-0.1, -0.05) is 6.92 Å². The highest BCUT2D eigenvalue weighted by molar-refractivity contribution is 4.81. The summed E-state index contributed by atoms with van der Waals surface area (Å²) < 4.78 is 0. The van der Waals surface area contributed by atoms with E-state index >= 15 is 0 Å². The number of hydrogen-bond acceptors (Lipinski definition) is 2. The zero-order valence-electron chi connectivity index (χ0n) is 8.76. The van der Waals surface area contributed by atoms with Crippen molar-refractivity contribution in [2.24, 2.45) is 5.92 Å². The van der Waals surface area contributed by atoms with Crippen LogP contribution in [0.1, 0.15) is 32.6 Å². The van der Waals surface area contributed by atoms with E-state index in [1.54, 1.807) is 0 Å². The lowest BCUT2D eigenvalue weighted by atomic mass is 10.2.